The van der Waals surface area contributed by atoms with Crippen LogP contribution in [0.4, 0.5) is 13.2 Å². The molecule has 0 saturated heterocycles. The Morgan fingerprint density at radius 2 is 1.90 bits per heavy atom. The first kappa shape index (κ1) is 16.6. The van der Waals surface area contributed by atoms with E-state index in [1.165, 1.54) is 13.8 Å². The fourth-order valence-electron chi connectivity index (χ4n) is 1.57. The number of hydrogen-bond donors (Lipinski definition) is 1. The molecule has 0 spiro atoms. The molecule has 21 heavy (non-hydrogen) atoms. The molecule has 9 heteroatoms. The molecule has 0 saturated carbocycles. The SMILES string of the molecule is CCOc1nc(C(F)(F)F)c(C(=O)O)c(OCC)c1C#N. The predicted octanol–water partition coefficient (Wildman–Crippen LogP) is 2.47. The number of halogens is 3. The summed E-state index contributed by atoms with van der Waals surface area (Å²) in [5.41, 5.74) is -3.35. The van der Waals surface area contributed by atoms with Gasteiger partial charge in [-0.25, -0.2) is 9.78 Å². The van der Waals surface area contributed by atoms with E-state index in [-0.39, 0.29) is 13.2 Å². The third kappa shape index (κ3) is 3.34. The Morgan fingerprint density at radius 3 is 2.29 bits per heavy atom. The van der Waals surface area contributed by atoms with Gasteiger partial charge in [0, 0.05) is 0 Å². The number of rotatable bonds is 5. The maximum atomic E-state index is 13.0. The number of nitrogens with zero attached hydrogens (tertiary/aromatic N) is 2. The van der Waals surface area contributed by atoms with Gasteiger partial charge in [-0.3, -0.25) is 0 Å². The molecular weight excluding hydrogens is 293 g/mol. The van der Waals surface area contributed by atoms with Crippen molar-refractivity contribution in [2.45, 2.75) is 20.0 Å². The minimum atomic E-state index is -5.03. The van der Waals surface area contributed by atoms with Gasteiger partial charge in [0.2, 0.25) is 5.88 Å². The maximum Gasteiger partial charge on any atom is 0.434 e. The van der Waals surface area contributed by atoms with Gasteiger partial charge in [-0.15, -0.1) is 0 Å². The Morgan fingerprint density at radius 1 is 1.33 bits per heavy atom. The van der Waals surface area contributed by atoms with Crippen LogP contribution in [0.2, 0.25) is 0 Å². The second-order valence-electron chi connectivity index (χ2n) is 3.63. The van der Waals surface area contributed by atoms with Gasteiger partial charge >= 0.3 is 12.1 Å². The molecule has 0 aliphatic rings. The van der Waals surface area contributed by atoms with E-state index in [2.05, 4.69) is 4.98 Å². The van der Waals surface area contributed by atoms with Crippen LogP contribution in [-0.4, -0.2) is 29.3 Å². The van der Waals surface area contributed by atoms with E-state index >= 15 is 0 Å². The zero-order chi connectivity index (χ0) is 16.2. The molecule has 0 aliphatic heterocycles. The summed E-state index contributed by atoms with van der Waals surface area (Å²) in [6.07, 6.45) is -5.03. The summed E-state index contributed by atoms with van der Waals surface area (Å²) < 4.78 is 48.7. The molecule has 0 bridgehead atoms. The van der Waals surface area contributed by atoms with Crippen LogP contribution in [0.1, 0.15) is 35.5 Å². The number of carboxylic acid groups (broad SMARTS) is 1. The molecule has 0 aromatic carbocycles. The normalized spacial score (nSPS) is 10.9. The Hall–Kier alpha value is -2.50. The first-order valence-corrected chi connectivity index (χ1v) is 5.82. The molecule has 1 aromatic heterocycles. The summed E-state index contributed by atoms with van der Waals surface area (Å²) in [5.74, 6) is -3.20. The molecule has 1 heterocycles. The number of pyridine rings is 1. The smallest absolute Gasteiger partial charge is 0.434 e. The van der Waals surface area contributed by atoms with Crippen LogP contribution >= 0.6 is 0 Å². The number of aromatic nitrogens is 1. The number of nitriles is 1. The number of carbonyl (C=O) groups is 1. The summed E-state index contributed by atoms with van der Waals surface area (Å²) in [6.45, 7) is 2.77. The highest BCUT2D eigenvalue weighted by molar-refractivity contribution is 5.93. The number of carboxylic acids is 1. The van der Waals surface area contributed by atoms with Gasteiger partial charge in [-0.1, -0.05) is 0 Å². The van der Waals surface area contributed by atoms with Crippen molar-refractivity contribution in [2.75, 3.05) is 13.2 Å². The van der Waals surface area contributed by atoms with E-state index in [0.717, 1.165) is 0 Å². The van der Waals surface area contributed by atoms with Crippen molar-refractivity contribution >= 4 is 5.97 Å². The quantitative estimate of drug-likeness (QED) is 0.898. The van der Waals surface area contributed by atoms with Crippen molar-refractivity contribution in [2.24, 2.45) is 0 Å². The molecule has 0 amide bonds. The van der Waals surface area contributed by atoms with Crippen LogP contribution in [0.25, 0.3) is 0 Å². The summed E-state index contributed by atoms with van der Waals surface area (Å²) >= 11 is 0. The van der Waals surface area contributed by atoms with Crippen molar-refractivity contribution in [1.82, 2.24) is 4.98 Å². The highest BCUT2D eigenvalue weighted by Gasteiger charge is 2.41. The van der Waals surface area contributed by atoms with Crippen LogP contribution in [0.5, 0.6) is 11.6 Å². The minimum absolute atomic E-state index is 0.0447. The van der Waals surface area contributed by atoms with Gasteiger partial charge in [-0.2, -0.15) is 18.4 Å². The second-order valence-corrected chi connectivity index (χ2v) is 3.63. The van der Waals surface area contributed by atoms with Gasteiger partial charge in [0.05, 0.1) is 13.2 Å². The molecule has 0 radical (unpaired) electrons. The van der Waals surface area contributed by atoms with Crippen molar-refractivity contribution in [1.29, 1.82) is 5.26 Å². The lowest BCUT2D eigenvalue weighted by molar-refractivity contribution is -0.142. The van der Waals surface area contributed by atoms with Crippen molar-refractivity contribution in [3.05, 3.63) is 16.8 Å². The number of ether oxygens (including phenoxy) is 2. The summed E-state index contributed by atoms with van der Waals surface area (Å²) in [4.78, 5) is 14.3. The summed E-state index contributed by atoms with van der Waals surface area (Å²) in [6, 6.07) is 1.56. The van der Waals surface area contributed by atoms with Crippen LogP contribution in [-0.2, 0) is 6.18 Å². The van der Waals surface area contributed by atoms with Gasteiger partial charge in [0.15, 0.2) is 17.0 Å². The average molecular weight is 304 g/mol. The van der Waals surface area contributed by atoms with Crippen LogP contribution < -0.4 is 9.47 Å². The first-order chi connectivity index (χ1) is 9.77. The van der Waals surface area contributed by atoms with Crippen molar-refractivity contribution in [3.8, 4) is 17.7 Å². The van der Waals surface area contributed by atoms with E-state index in [9.17, 15) is 18.0 Å². The number of hydrogen-bond acceptors (Lipinski definition) is 5. The Balaban J connectivity index is 3.81. The van der Waals surface area contributed by atoms with E-state index in [1.807, 2.05) is 0 Å². The van der Waals surface area contributed by atoms with Crippen LogP contribution in [0, 0.1) is 11.3 Å². The third-order valence-electron chi connectivity index (χ3n) is 2.28. The topological polar surface area (TPSA) is 92.4 Å². The molecule has 0 atom stereocenters. The van der Waals surface area contributed by atoms with Crippen LogP contribution in [0.3, 0.4) is 0 Å². The Kier molecular flexibility index (Phi) is 4.97. The molecule has 0 fully saturated rings. The predicted molar refractivity (Wildman–Crippen MR) is 63.3 cm³/mol. The van der Waals surface area contributed by atoms with E-state index < -0.39 is 40.6 Å². The lowest BCUT2D eigenvalue weighted by Gasteiger charge is -2.17. The molecule has 114 valence electrons. The van der Waals surface area contributed by atoms with Gasteiger partial charge in [-0.05, 0) is 13.8 Å². The third-order valence-corrected chi connectivity index (χ3v) is 2.28. The van der Waals surface area contributed by atoms with Gasteiger partial charge in [0.1, 0.15) is 11.6 Å². The fourth-order valence-corrected chi connectivity index (χ4v) is 1.57. The van der Waals surface area contributed by atoms with Crippen molar-refractivity contribution in [3.63, 3.8) is 0 Å². The zero-order valence-corrected chi connectivity index (χ0v) is 11.1. The molecular formula is C12H11F3N2O4. The molecule has 6 nitrogen and oxygen atoms in total. The average Bonchev–Trinajstić information content (AvgIpc) is 2.37. The highest BCUT2D eigenvalue weighted by Crippen LogP contribution is 2.39. The fraction of sp³-hybridized carbons (Fsp3) is 0.417. The Bertz CT molecular complexity index is 594. The molecule has 0 unspecified atom stereocenters. The minimum Gasteiger partial charge on any atom is -0.491 e. The first-order valence-electron chi connectivity index (χ1n) is 5.82. The maximum absolute atomic E-state index is 13.0. The zero-order valence-electron chi connectivity index (χ0n) is 11.1. The lowest BCUT2D eigenvalue weighted by atomic mass is 10.1. The monoisotopic (exact) mass is 304 g/mol. The summed E-state index contributed by atoms with van der Waals surface area (Å²) in [5, 5.41) is 18.0. The standard InChI is InChI=1S/C12H11F3N2O4/c1-3-20-8-6(5-16)10(21-4-2)17-9(12(13,14)15)7(8)11(18)19/h3-4H2,1-2H3,(H,18,19). The van der Waals surface area contributed by atoms with E-state index in [0.29, 0.717) is 0 Å². The summed E-state index contributed by atoms with van der Waals surface area (Å²) in [7, 11) is 0. The van der Waals surface area contributed by atoms with Crippen LogP contribution in [0.15, 0.2) is 0 Å². The molecule has 0 aliphatic carbocycles. The van der Waals surface area contributed by atoms with Gasteiger partial charge < -0.3 is 14.6 Å². The molecule has 1 rings (SSSR count). The second kappa shape index (κ2) is 6.30. The van der Waals surface area contributed by atoms with E-state index in [1.54, 1.807) is 6.07 Å². The van der Waals surface area contributed by atoms with Gasteiger partial charge in [0.25, 0.3) is 0 Å². The van der Waals surface area contributed by atoms with Crippen molar-refractivity contribution < 1.29 is 32.5 Å². The molecule has 1 aromatic rings. The number of alkyl halides is 3. The molecule has 1 N–H and O–H groups in total. The lowest BCUT2D eigenvalue weighted by Crippen LogP contribution is -2.19. The number of aromatic carboxylic acids is 1. The van der Waals surface area contributed by atoms with E-state index in [4.69, 9.17) is 19.8 Å². The highest BCUT2D eigenvalue weighted by atomic mass is 19.4. The Labute approximate surface area is 117 Å². The largest absolute Gasteiger partial charge is 0.491 e.